The Labute approximate surface area is 257 Å². The van der Waals surface area contributed by atoms with Gasteiger partial charge in [0.25, 0.3) is 11.5 Å². The molecule has 4 aromatic rings. The van der Waals surface area contributed by atoms with Crippen molar-refractivity contribution in [3.05, 3.63) is 88.2 Å². The summed E-state index contributed by atoms with van der Waals surface area (Å²) < 4.78 is 29.7. The Morgan fingerprint density at radius 3 is 2.39 bits per heavy atom. The van der Waals surface area contributed by atoms with E-state index in [-0.39, 0.29) is 36.3 Å². The van der Waals surface area contributed by atoms with E-state index >= 15 is 4.39 Å². The fourth-order valence-electron chi connectivity index (χ4n) is 4.48. The molecule has 10 nitrogen and oxygen atoms in total. The van der Waals surface area contributed by atoms with Gasteiger partial charge in [-0.1, -0.05) is 43.9 Å². The quantitative estimate of drug-likeness (QED) is 0.164. The molecular formula is C32H40FN5O5Si. The number of rotatable bonds is 10. The number of hydrogen-bond donors (Lipinski definition) is 1. The van der Waals surface area contributed by atoms with E-state index in [0.717, 1.165) is 6.04 Å². The molecule has 0 radical (unpaired) electrons. The highest BCUT2D eigenvalue weighted by atomic mass is 28.3. The second kappa shape index (κ2) is 13.1. The fourth-order valence-corrected chi connectivity index (χ4v) is 5.24. The molecule has 3 aromatic heterocycles. The number of pyridine rings is 2. The first kappa shape index (κ1) is 32.6. The minimum atomic E-state index is -1.37. The Hall–Kier alpha value is -4.29. The van der Waals surface area contributed by atoms with Crippen molar-refractivity contribution < 1.29 is 23.5 Å². The van der Waals surface area contributed by atoms with Crippen molar-refractivity contribution in [3.63, 3.8) is 0 Å². The van der Waals surface area contributed by atoms with Crippen LogP contribution in [-0.4, -0.2) is 53.4 Å². The molecule has 1 aromatic carbocycles. The summed E-state index contributed by atoms with van der Waals surface area (Å²) in [5.41, 5.74) is 1.07. The van der Waals surface area contributed by atoms with Gasteiger partial charge in [-0.15, -0.1) is 0 Å². The summed E-state index contributed by atoms with van der Waals surface area (Å²) in [5, 5.41) is 2.38. The van der Waals surface area contributed by atoms with Gasteiger partial charge < -0.3 is 18.9 Å². The molecule has 0 aliphatic rings. The molecule has 234 valence electrons. The van der Waals surface area contributed by atoms with Crippen LogP contribution in [-0.2, 0) is 22.7 Å². The molecule has 0 unspecified atom stereocenters. The molecule has 4 rings (SSSR count). The van der Waals surface area contributed by atoms with Gasteiger partial charge in [0.15, 0.2) is 11.6 Å². The Morgan fingerprint density at radius 2 is 1.73 bits per heavy atom. The molecule has 1 N–H and O–H groups in total. The molecule has 0 atom stereocenters. The topological polar surface area (TPSA) is 108 Å². The number of fused-ring (bicyclic) bond motifs is 1. The number of benzene rings is 1. The number of para-hydroxylation sites is 1. The molecule has 0 aliphatic heterocycles. The highest BCUT2D eigenvalue weighted by Gasteiger charge is 2.23. The number of nitrogens with zero attached hydrogens (tertiary/aromatic N) is 4. The summed E-state index contributed by atoms with van der Waals surface area (Å²) in [6.45, 7) is 12.4. The number of halogens is 1. The first-order valence-electron chi connectivity index (χ1n) is 14.4. The van der Waals surface area contributed by atoms with E-state index in [2.05, 4.69) is 29.9 Å². The molecule has 0 saturated carbocycles. The number of carbonyl (C=O) groups is 2. The van der Waals surface area contributed by atoms with E-state index in [1.807, 2.05) is 30.3 Å². The number of anilines is 2. The van der Waals surface area contributed by atoms with Crippen LogP contribution in [0.4, 0.5) is 20.7 Å². The summed E-state index contributed by atoms with van der Waals surface area (Å²) in [5.74, 6) is -1.41. The van der Waals surface area contributed by atoms with Crippen molar-refractivity contribution in [1.29, 1.82) is 0 Å². The second-order valence-corrected chi connectivity index (χ2v) is 18.4. The predicted molar refractivity (Wildman–Crippen MR) is 173 cm³/mol. The van der Waals surface area contributed by atoms with Gasteiger partial charge in [-0.05, 0) is 51.1 Å². The lowest BCUT2D eigenvalue weighted by molar-refractivity contribution is 0.0634. The molecule has 0 bridgehead atoms. The van der Waals surface area contributed by atoms with Gasteiger partial charge in [-0.25, -0.2) is 14.2 Å². The minimum absolute atomic E-state index is 0.00638. The van der Waals surface area contributed by atoms with Crippen molar-refractivity contribution >= 4 is 42.6 Å². The monoisotopic (exact) mass is 621 g/mol. The van der Waals surface area contributed by atoms with Crippen LogP contribution < -0.4 is 15.8 Å². The van der Waals surface area contributed by atoms with Crippen LogP contribution in [0.25, 0.3) is 11.0 Å². The van der Waals surface area contributed by atoms with E-state index < -0.39 is 25.6 Å². The minimum Gasteiger partial charge on any atom is -0.444 e. The molecule has 2 amide bonds. The summed E-state index contributed by atoms with van der Waals surface area (Å²) >= 11 is 0. The number of amides is 2. The van der Waals surface area contributed by atoms with Gasteiger partial charge in [-0.3, -0.25) is 19.5 Å². The molecule has 3 heterocycles. The standard InChI is InChI=1S/C32H40FN5O5Si/c1-32(2,3)43-31(41)35-29-24(33)19-27-25(34-29)18-23(38(27)21-42-16-17-44(5,6)7)20-37-26(14-11-15-28(37)39)30(40)36(4)22-12-9-8-10-13-22/h8-15,18-19H,16-17,20-21H2,1-7H3,(H,34,35,41). The molecule has 0 saturated heterocycles. The highest BCUT2D eigenvalue weighted by molar-refractivity contribution is 6.76. The largest absolute Gasteiger partial charge is 0.444 e. The van der Waals surface area contributed by atoms with Crippen LogP contribution in [0.15, 0.2) is 65.5 Å². The van der Waals surface area contributed by atoms with Crippen molar-refractivity contribution in [3.8, 4) is 0 Å². The van der Waals surface area contributed by atoms with Gasteiger partial charge >= 0.3 is 6.09 Å². The van der Waals surface area contributed by atoms with Crippen LogP contribution in [0.5, 0.6) is 0 Å². The van der Waals surface area contributed by atoms with Gasteiger partial charge in [0.05, 0.1) is 17.6 Å². The maximum atomic E-state index is 15.3. The second-order valence-electron chi connectivity index (χ2n) is 12.8. The van der Waals surface area contributed by atoms with Gasteiger partial charge in [0.1, 0.15) is 18.0 Å². The third-order valence-corrected chi connectivity index (χ3v) is 8.50. The Kier molecular flexibility index (Phi) is 9.74. The van der Waals surface area contributed by atoms with Crippen LogP contribution in [0.1, 0.15) is 37.0 Å². The first-order valence-corrected chi connectivity index (χ1v) is 18.1. The Bertz CT molecular complexity index is 1710. The molecule has 44 heavy (non-hydrogen) atoms. The third kappa shape index (κ3) is 8.20. The summed E-state index contributed by atoms with van der Waals surface area (Å²) in [7, 11) is 0.278. The smallest absolute Gasteiger partial charge is 0.413 e. The number of hydrogen-bond acceptors (Lipinski definition) is 6. The van der Waals surface area contributed by atoms with Crippen molar-refractivity contribution in [1.82, 2.24) is 14.1 Å². The zero-order valence-electron chi connectivity index (χ0n) is 26.3. The van der Waals surface area contributed by atoms with E-state index in [4.69, 9.17) is 9.47 Å². The van der Waals surface area contributed by atoms with Gasteiger partial charge in [0.2, 0.25) is 0 Å². The van der Waals surface area contributed by atoms with Crippen LogP contribution >= 0.6 is 0 Å². The zero-order chi connectivity index (χ0) is 32.2. The third-order valence-electron chi connectivity index (χ3n) is 6.80. The number of nitrogens with one attached hydrogen (secondary N) is 1. The van der Waals surface area contributed by atoms with Crippen molar-refractivity contribution in [2.45, 2.75) is 65.3 Å². The first-order chi connectivity index (χ1) is 20.6. The van der Waals surface area contributed by atoms with E-state index in [9.17, 15) is 14.4 Å². The van der Waals surface area contributed by atoms with Crippen molar-refractivity contribution in [2.24, 2.45) is 0 Å². The Balaban J connectivity index is 1.73. The van der Waals surface area contributed by atoms with Crippen molar-refractivity contribution in [2.75, 3.05) is 23.9 Å². The maximum absolute atomic E-state index is 15.3. The molecule has 0 fully saturated rings. The van der Waals surface area contributed by atoms with E-state index in [1.165, 1.54) is 21.6 Å². The molecular weight excluding hydrogens is 581 g/mol. The highest BCUT2D eigenvalue weighted by Crippen LogP contribution is 2.25. The lowest BCUT2D eigenvalue weighted by atomic mass is 10.2. The van der Waals surface area contributed by atoms with E-state index in [0.29, 0.717) is 29.0 Å². The average Bonchev–Trinajstić information content (AvgIpc) is 3.26. The maximum Gasteiger partial charge on any atom is 0.413 e. The lowest BCUT2D eigenvalue weighted by Crippen LogP contribution is -2.34. The predicted octanol–water partition coefficient (Wildman–Crippen LogP) is 6.32. The number of carbonyl (C=O) groups excluding carboxylic acids is 2. The van der Waals surface area contributed by atoms with Crippen LogP contribution in [0.3, 0.4) is 0 Å². The van der Waals surface area contributed by atoms with Gasteiger partial charge in [0, 0.05) is 45.2 Å². The zero-order valence-corrected chi connectivity index (χ0v) is 27.3. The number of ether oxygens (including phenoxy) is 2. The summed E-state index contributed by atoms with van der Waals surface area (Å²) in [6.07, 6.45) is -0.834. The fraction of sp³-hybridized carbons (Fsp3) is 0.375. The van der Waals surface area contributed by atoms with Gasteiger partial charge in [-0.2, -0.15) is 0 Å². The van der Waals surface area contributed by atoms with Crippen LogP contribution in [0.2, 0.25) is 25.7 Å². The Morgan fingerprint density at radius 1 is 1.02 bits per heavy atom. The number of aromatic nitrogens is 3. The average molecular weight is 622 g/mol. The molecule has 12 heteroatoms. The molecule has 0 spiro atoms. The lowest BCUT2D eigenvalue weighted by Gasteiger charge is -2.21. The van der Waals surface area contributed by atoms with E-state index in [1.54, 1.807) is 50.6 Å². The normalized spacial score (nSPS) is 11.9. The molecule has 0 aliphatic carbocycles. The summed E-state index contributed by atoms with van der Waals surface area (Å²) in [6, 6.07) is 17.6. The van der Waals surface area contributed by atoms with Crippen LogP contribution in [0, 0.1) is 5.82 Å². The SMILES string of the molecule is CN(C(=O)c1cccc(=O)n1Cc1cc2nc(NC(=O)OC(C)(C)C)c(F)cc2n1COCC[Si](C)(C)C)c1ccccc1. The summed E-state index contributed by atoms with van der Waals surface area (Å²) in [4.78, 5) is 44.9.